The molecule has 3 aromatic rings. The summed E-state index contributed by atoms with van der Waals surface area (Å²) in [5.74, 6) is 0.568. The molecule has 0 saturated heterocycles. The van der Waals surface area contributed by atoms with Gasteiger partial charge in [0.25, 0.3) is 5.91 Å². The first-order valence-corrected chi connectivity index (χ1v) is 10.5. The summed E-state index contributed by atoms with van der Waals surface area (Å²) in [5.41, 5.74) is 1.47. The van der Waals surface area contributed by atoms with Crippen LogP contribution in [0.5, 0.6) is 11.5 Å². The number of ether oxygens (including phenoxy) is 2. The molecule has 162 valence electrons. The van der Waals surface area contributed by atoms with E-state index in [2.05, 4.69) is 10.6 Å². The van der Waals surface area contributed by atoms with Crippen LogP contribution in [0.25, 0.3) is 11.0 Å². The largest absolute Gasteiger partial charge is 0.493 e. The Kier molecular flexibility index (Phi) is 6.11. The summed E-state index contributed by atoms with van der Waals surface area (Å²) >= 11 is 0. The van der Waals surface area contributed by atoms with Gasteiger partial charge in [0.2, 0.25) is 11.7 Å². The van der Waals surface area contributed by atoms with Gasteiger partial charge in [0.05, 0.1) is 14.2 Å². The van der Waals surface area contributed by atoms with Crippen molar-refractivity contribution in [3.8, 4) is 11.5 Å². The van der Waals surface area contributed by atoms with Gasteiger partial charge >= 0.3 is 0 Å². The average Bonchev–Trinajstić information content (AvgIpc) is 3.18. The molecule has 1 aliphatic carbocycles. The third-order valence-corrected chi connectivity index (χ3v) is 5.67. The first-order valence-electron chi connectivity index (χ1n) is 10.5. The molecule has 1 aliphatic rings. The van der Waals surface area contributed by atoms with Gasteiger partial charge in [-0.2, -0.15) is 0 Å². The normalized spacial score (nSPS) is 14.3. The molecule has 1 heterocycles. The molecule has 0 aliphatic heterocycles. The van der Waals surface area contributed by atoms with Crippen molar-refractivity contribution in [3.05, 3.63) is 48.2 Å². The Morgan fingerprint density at radius 1 is 0.935 bits per heavy atom. The number of carbonyl (C=O) groups excluding carboxylic acids is 2. The van der Waals surface area contributed by atoms with Crippen molar-refractivity contribution in [2.75, 3.05) is 24.9 Å². The van der Waals surface area contributed by atoms with Gasteiger partial charge in [-0.25, -0.2) is 0 Å². The predicted molar refractivity (Wildman–Crippen MR) is 119 cm³/mol. The van der Waals surface area contributed by atoms with Crippen LogP contribution in [0.4, 0.5) is 11.4 Å². The monoisotopic (exact) mass is 422 g/mol. The summed E-state index contributed by atoms with van der Waals surface area (Å²) in [6, 6.07) is 12.4. The van der Waals surface area contributed by atoms with E-state index in [4.69, 9.17) is 13.9 Å². The number of amides is 2. The van der Waals surface area contributed by atoms with Gasteiger partial charge in [0.1, 0.15) is 11.3 Å². The van der Waals surface area contributed by atoms with Gasteiger partial charge < -0.3 is 24.5 Å². The number of hydrogen-bond donors (Lipinski definition) is 2. The van der Waals surface area contributed by atoms with Crippen LogP contribution >= 0.6 is 0 Å². The standard InChI is InChI=1S/C24H26N2O5/c1-29-19-13-12-16(14-20(19)30-2)25-24(28)22-21(17-10-6-7-11-18(17)31-22)26-23(27)15-8-4-3-5-9-15/h6-7,10-15H,3-5,8-9H2,1-2H3,(H,25,28)(H,26,27). The topological polar surface area (TPSA) is 89.8 Å². The molecule has 0 unspecified atom stereocenters. The highest BCUT2D eigenvalue weighted by molar-refractivity contribution is 6.14. The number of rotatable bonds is 6. The van der Waals surface area contributed by atoms with Gasteiger partial charge in [-0.05, 0) is 37.1 Å². The third-order valence-electron chi connectivity index (χ3n) is 5.67. The second-order valence-corrected chi connectivity index (χ2v) is 7.65. The molecular weight excluding hydrogens is 396 g/mol. The van der Waals surface area contributed by atoms with Crippen LogP contribution in [0.3, 0.4) is 0 Å². The lowest BCUT2D eigenvalue weighted by atomic mass is 9.88. The van der Waals surface area contributed by atoms with E-state index in [1.807, 2.05) is 18.2 Å². The highest BCUT2D eigenvalue weighted by atomic mass is 16.5. The zero-order valence-electron chi connectivity index (χ0n) is 17.7. The van der Waals surface area contributed by atoms with Gasteiger partial charge in [-0.15, -0.1) is 0 Å². The summed E-state index contributed by atoms with van der Waals surface area (Å²) < 4.78 is 16.4. The lowest BCUT2D eigenvalue weighted by molar-refractivity contribution is -0.120. The first kappa shape index (κ1) is 20.8. The minimum atomic E-state index is -0.456. The van der Waals surface area contributed by atoms with Crippen LogP contribution < -0.4 is 20.1 Å². The zero-order chi connectivity index (χ0) is 21.8. The van der Waals surface area contributed by atoms with Crippen molar-refractivity contribution in [1.29, 1.82) is 0 Å². The Morgan fingerprint density at radius 3 is 2.42 bits per heavy atom. The fraction of sp³-hybridized carbons (Fsp3) is 0.333. The van der Waals surface area contributed by atoms with Crippen molar-refractivity contribution in [2.24, 2.45) is 5.92 Å². The van der Waals surface area contributed by atoms with E-state index in [0.717, 1.165) is 32.1 Å². The lowest BCUT2D eigenvalue weighted by Gasteiger charge is -2.20. The highest BCUT2D eigenvalue weighted by Gasteiger charge is 2.26. The average molecular weight is 422 g/mol. The molecule has 0 radical (unpaired) electrons. The van der Waals surface area contributed by atoms with E-state index in [1.165, 1.54) is 7.11 Å². The molecule has 31 heavy (non-hydrogen) atoms. The van der Waals surface area contributed by atoms with Crippen molar-refractivity contribution in [3.63, 3.8) is 0 Å². The van der Waals surface area contributed by atoms with E-state index in [9.17, 15) is 9.59 Å². The number of furan rings is 1. The van der Waals surface area contributed by atoms with Gasteiger partial charge in [-0.3, -0.25) is 9.59 Å². The number of anilines is 2. The minimum Gasteiger partial charge on any atom is -0.493 e. The molecule has 2 N–H and O–H groups in total. The summed E-state index contributed by atoms with van der Waals surface area (Å²) in [6.45, 7) is 0. The number of carbonyl (C=O) groups is 2. The van der Waals surface area contributed by atoms with Crippen LogP contribution in [0.2, 0.25) is 0 Å². The number of methoxy groups -OCH3 is 2. The predicted octanol–water partition coefficient (Wildman–Crippen LogP) is 5.22. The molecule has 0 spiro atoms. The molecule has 7 heteroatoms. The van der Waals surface area contributed by atoms with E-state index in [-0.39, 0.29) is 17.6 Å². The van der Waals surface area contributed by atoms with Crippen LogP contribution in [-0.4, -0.2) is 26.0 Å². The molecule has 1 aromatic heterocycles. The van der Waals surface area contributed by atoms with Crippen LogP contribution in [0, 0.1) is 5.92 Å². The summed E-state index contributed by atoms with van der Waals surface area (Å²) in [7, 11) is 3.08. The fourth-order valence-corrected chi connectivity index (χ4v) is 4.02. The molecule has 2 amide bonds. The first-order chi connectivity index (χ1) is 15.1. The lowest BCUT2D eigenvalue weighted by Crippen LogP contribution is -2.25. The smallest absolute Gasteiger partial charge is 0.293 e. The number of fused-ring (bicyclic) bond motifs is 1. The van der Waals surface area contributed by atoms with Gasteiger partial charge in [-0.1, -0.05) is 31.4 Å². The number of para-hydroxylation sites is 1. The van der Waals surface area contributed by atoms with E-state index in [0.29, 0.717) is 33.8 Å². The Balaban J connectivity index is 1.63. The zero-order valence-corrected chi connectivity index (χ0v) is 17.7. The summed E-state index contributed by atoms with van der Waals surface area (Å²) in [4.78, 5) is 26.0. The molecule has 0 atom stereocenters. The molecule has 2 aromatic carbocycles. The summed E-state index contributed by atoms with van der Waals surface area (Å²) in [5, 5.41) is 6.49. The van der Waals surface area contributed by atoms with Gasteiger partial charge in [0, 0.05) is 23.1 Å². The van der Waals surface area contributed by atoms with Crippen LogP contribution in [0.1, 0.15) is 42.7 Å². The maximum Gasteiger partial charge on any atom is 0.293 e. The van der Waals surface area contributed by atoms with Crippen molar-refractivity contribution in [1.82, 2.24) is 0 Å². The molecule has 1 saturated carbocycles. The van der Waals surface area contributed by atoms with E-state index in [1.54, 1.807) is 31.4 Å². The Bertz CT molecular complexity index is 1100. The van der Waals surface area contributed by atoms with Crippen molar-refractivity contribution >= 4 is 34.2 Å². The SMILES string of the molecule is COc1ccc(NC(=O)c2oc3ccccc3c2NC(=O)C2CCCCC2)cc1OC. The molecule has 1 fully saturated rings. The second-order valence-electron chi connectivity index (χ2n) is 7.65. The van der Waals surface area contributed by atoms with Crippen LogP contribution in [-0.2, 0) is 4.79 Å². The molecular formula is C24H26N2O5. The minimum absolute atomic E-state index is 0.0378. The Morgan fingerprint density at radius 2 is 1.68 bits per heavy atom. The quantitative estimate of drug-likeness (QED) is 0.568. The van der Waals surface area contributed by atoms with Crippen LogP contribution in [0.15, 0.2) is 46.9 Å². The molecule has 0 bridgehead atoms. The molecule has 4 rings (SSSR count). The van der Waals surface area contributed by atoms with Crippen molar-refractivity contribution in [2.45, 2.75) is 32.1 Å². The Hall–Kier alpha value is -3.48. The number of benzene rings is 2. The maximum atomic E-state index is 13.1. The van der Waals surface area contributed by atoms with E-state index >= 15 is 0 Å². The van der Waals surface area contributed by atoms with Gasteiger partial charge in [0.15, 0.2) is 11.5 Å². The summed E-state index contributed by atoms with van der Waals surface area (Å²) in [6.07, 6.45) is 5.01. The number of hydrogen-bond acceptors (Lipinski definition) is 5. The van der Waals surface area contributed by atoms with E-state index < -0.39 is 5.91 Å². The number of nitrogens with one attached hydrogen (secondary N) is 2. The molecule has 7 nitrogen and oxygen atoms in total. The third kappa shape index (κ3) is 4.35. The maximum absolute atomic E-state index is 13.1. The second kappa shape index (κ2) is 9.12. The fourth-order valence-electron chi connectivity index (χ4n) is 4.02. The Labute approximate surface area is 180 Å². The highest BCUT2D eigenvalue weighted by Crippen LogP contribution is 2.34. The van der Waals surface area contributed by atoms with Crippen molar-refractivity contribution < 1.29 is 23.5 Å².